The molecule has 1 aliphatic rings. The van der Waals surface area contributed by atoms with Crippen molar-refractivity contribution in [2.45, 2.75) is 11.4 Å². The van der Waals surface area contributed by atoms with Crippen LogP contribution in [-0.4, -0.2) is 44.9 Å². The highest BCUT2D eigenvalue weighted by atomic mass is 35.5. The molecule has 0 saturated carbocycles. The largest absolute Gasteiger partial charge is 0.379 e. The van der Waals surface area contributed by atoms with E-state index >= 15 is 0 Å². The predicted octanol–water partition coefficient (Wildman–Crippen LogP) is 2.35. The molecule has 1 aromatic heterocycles. The van der Waals surface area contributed by atoms with Crippen molar-refractivity contribution in [3.63, 3.8) is 0 Å². The van der Waals surface area contributed by atoms with Gasteiger partial charge in [0.25, 0.3) is 5.91 Å². The second-order valence-corrected chi connectivity index (χ2v) is 8.80. The predicted molar refractivity (Wildman–Crippen MR) is 96.5 cm³/mol. The van der Waals surface area contributed by atoms with Crippen molar-refractivity contribution >= 4 is 38.9 Å². The molecule has 0 unspecified atom stereocenters. The van der Waals surface area contributed by atoms with Crippen LogP contribution >= 0.6 is 22.9 Å². The standard InChI is InChI=1S/C16H17ClN2O4S2/c17-15-4-3-13(25(21,22)19-5-7-23-8-6-19)10-14(15)16(20)18-11-12-2-1-9-24-12/h1-4,9-10H,5-8,11H2,(H,18,20). The number of nitrogens with one attached hydrogen (secondary N) is 1. The maximum atomic E-state index is 12.7. The molecule has 134 valence electrons. The number of ether oxygens (including phenoxy) is 1. The van der Waals surface area contributed by atoms with E-state index < -0.39 is 15.9 Å². The number of nitrogens with zero attached hydrogens (tertiary/aromatic N) is 1. The minimum atomic E-state index is -3.68. The Kier molecular flexibility index (Phi) is 5.75. The van der Waals surface area contributed by atoms with E-state index in [2.05, 4.69) is 5.32 Å². The van der Waals surface area contributed by atoms with Crippen molar-refractivity contribution in [3.8, 4) is 0 Å². The average Bonchev–Trinajstić information content (AvgIpc) is 3.14. The molecule has 6 nitrogen and oxygen atoms in total. The molecule has 25 heavy (non-hydrogen) atoms. The highest BCUT2D eigenvalue weighted by molar-refractivity contribution is 7.89. The summed E-state index contributed by atoms with van der Waals surface area (Å²) in [6.45, 7) is 1.69. The van der Waals surface area contributed by atoms with Crippen molar-refractivity contribution < 1.29 is 17.9 Å². The molecule has 0 radical (unpaired) electrons. The van der Waals surface area contributed by atoms with Crippen LogP contribution in [0.4, 0.5) is 0 Å². The van der Waals surface area contributed by atoms with Gasteiger partial charge in [-0.05, 0) is 29.6 Å². The fourth-order valence-corrected chi connectivity index (χ4v) is 4.73. The van der Waals surface area contributed by atoms with E-state index in [1.54, 1.807) is 0 Å². The van der Waals surface area contributed by atoms with Gasteiger partial charge < -0.3 is 10.1 Å². The summed E-state index contributed by atoms with van der Waals surface area (Å²) >= 11 is 7.63. The Bertz CT molecular complexity index is 847. The number of morpholine rings is 1. The summed E-state index contributed by atoms with van der Waals surface area (Å²) in [5, 5.41) is 4.89. The van der Waals surface area contributed by atoms with Gasteiger partial charge in [0.15, 0.2) is 0 Å². The third-order valence-electron chi connectivity index (χ3n) is 3.79. The summed E-state index contributed by atoms with van der Waals surface area (Å²) in [7, 11) is -3.68. The lowest BCUT2D eigenvalue weighted by atomic mass is 10.2. The fourth-order valence-electron chi connectivity index (χ4n) is 2.45. The summed E-state index contributed by atoms with van der Waals surface area (Å²) in [5.41, 5.74) is 0.146. The lowest BCUT2D eigenvalue weighted by Crippen LogP contribution is -2.40. The molecular weight excluding hydrogens is 384 g/mol. The van der Waals surface area contributed by atoms with Gasteiger partial charge in [-0.1, -0.05) is 17.7 Å². The Morgan fingerprint density at radius 1 is 1.28 bits per heavy atom. The zero-order valence-electron chi connectivity index (χ0n) is 13.3. The van der Waals surface area contributed by atoms with Crippen LogP contribution < -0.4 is 5.32 Å². The molecule has 1 aliphatic heterocycles. The minimum absolute atomic E-state index is 0.0556. The van der Waals surface area contributed by atoms with E-state index in [0.29, 0.717) is 32.8 Å². The van der Waals surface area contributed by atoms with Gasteiger partial charge in [-0.15, -0.1) is 11.3 Å². The number of hydrogen-bond donors (Lipinski definition) is 1. The van der Waals surface area contributed by atoms with Crippen molar-refractivity contribution in [1.82, 2.24) is 9.62 Å². The van der Waals surface area contributed by atoms with Crippen molar-refractivity contribution in [2.75, 3.05) is 26.3 Å². The Balaban J connectivity index is 1.81. The number of carbonyl (C=O) groups is 1. The number of rotatable bonds is 5. The maximum absolute atomic E-state index is 12.7. The molecule has 1 saturated heterocycles. The number of hydrogen-bond acceptors (Lipinski definition) is 5. The summed E-state index contributed by atoms with van der Waals surface area (Å²) < 4.78 is 32.0. The van der Waals surface area contributed by atoms with Crippen LogP contribution in [0, 0.1) is 0 Å². The zero-order valence-corrected chi connectivity index (χ0v) is 15.7. The van der Waals surface area contributed by atoms with E-state index in [-0.39, 0.29) is 15.5 Å². The quantitative estimate of drug-likeness (QED) is 0.835. The average molecular weight is 401 g/mol. The highest BCUT2D eigenvalue weighted by Crippen LogP contribution is 2.24. The SMILES string of the molecule is O=C(NCc1cccs1)c1cc(S(=O)(=O)N2CCOCC2)ccc1Cl. The van der Waals surface area contributed by atoms with Crippen molar-refractivity contribution in [1.29, 1.82) is 0 Å². The second kappa shape index (κ2) is 7.84. The summed E-state index contributed by atoms with van der Waals surface area (Å²) in [5.74, 6) is -0.405. The van der Waals surface area contributed by atoms with Gasteiger partial charge in [0, 0.05) is 18.0 Å². The van der Waals surface area contributed by atoms with Crippen LogP contribution in [0.15, 0.2) is 40.6 Å². The third-order valence-corrected chi connectivity index (χ3v) is 6.89. The van der Waals surface area contributed by atoms with Crippen LogP contribution in [-0.2, 0) is 21.3 Å². The number of carbonyl (C=O) groups excluding carboxylic acids is 1. The van der Waals surface area contributed by atoms with Gasteiger partial charge in [-0.2, -0.15) is 4.31 Å². The summed E-state index contributed by atoms with van der Waals surface area (Å²) in [6, 6.07) is 8.00. The molecule has 0 bridgehead atoms. The first kappa shape index (κ1) is 18.3. The van der Waals surface area contributed by atoms with Crippen LogP contribution in [0.3, 0.4) is 0 Å². The van der Waals surface area contributed by atoms with Gasteiger partial charge in [-0.3, -0.25) is 4.79 Å². The van der Waals surface area contributed by atoms with Gasteiger partial charge >= 0.3 is 0 Å². The van der Waals surface area contributed by atoms with E-state index in [0.717, 1.165) is 4.88 Å². The van der Waals surface area contributed by atoms with E-state index in [4.69, 9.17) is 16.3 Å². The molecule has 2 aromatic rings. The molecule has 0 aliphatic carbocycles. The Hall–Kier alpha value is -1.45. The zero-order chi connectivity index (χ0) is 17.9. The molecule has 1 aromatic carbocycles. The normalized spacial score (nSPS) is 15.9. The highest BCUT2D eigenvalue weighted by Gasteiger charge is 2.27. The maximum Gasteiger partial charge on any atom is 0.253 e. The number of sulfonamides is 1. The topological polar surface area (TPSA) is 75.7 Å². The first-order valence-electron chi connectivity index (χ1n) is 7.66. The molecule has 9 heteroatoms. The second-order valence-electron chi connectivity index (χ2n) is 5.42. The van der Waals surface area contributed by atoms with E-state index in [1.165, 1.54) is 33.8 Å². The van der Waals surface area contributed by atoms with Crippen molar-refractivity contribution in [2.24, 2.45) is 0 Å². The Morgan fingerprint density at radius 2 is 2.04 bits per heavy atom. The van der Waals surface area contributed by atoms with Crippen LogP contribution in [0.25, 0.3) is 0 Å². The molecule has 0 spiro atoms. The number of benzene rings is 1. The molecule has 2 heterocycles. The fraction of sp³-hybridized carbons (Fsp3) is 0.312. The smallest absolute Gasteiger partial charge is 0.253 e. The first-order chi connectivity index (χ1) is 12.0. The first-order valence-corrected chi connectivity index (χ1v) is 10.4. The number of amides is 1. The monoisotopic (exact) mass is 400 g/mol. The van der Waals surface area contributed by atoms with Gasteiger partial charge in [0.1, 0.15) is 0 Å². The van der Waals surface area contributed by atoms with Gasteiger partial charge in [0.2, 0.25) is 10.0 Å². The molecule has 1 amide bonds. The molecule has 3 rings (SSSR count). The van der Waals surface area contributed by atoms with Crippen LogP contribution in [0.5, 0.6) is 0 Å². The lowest BCUT2D eigenvalue weighted by Gasteiger charge is -2.26. The minimum Gasteiger partial charge on any atom is -0.379 e. The number of thiophene rings is 1. The van der Waals surface area contributed by atoms with Crippen molar-refractivity contribution in [3.05, 3.63) is 51.2 Å². The molecule has 0 atom stereocenters. The lowest BCUT2D eigenvalue weighted by molar-refractivity contribution is 0.0730. The van der Waals surface area contributed by atoms with Crippen LogP contribution in [0.2, 0.25) is 5.02 Å². The van der Waals surface area contributed by atoms with Gasteiger partial charge in [0.05, 0.1) is 35.2 Å². The Morgan fingerprint density at radius 3 is 2.72 bits per heavy atom. The molecule has 1 N–H and O–H groups in total. The van der Waals surface area contributed by atoms with Crippen LogP contribution in [0.1, 0.15) is 15.2 Å². The van der Waals surface area contributed by atoms with Gasteiger partial charge in [-0.25, -0.2) is 8.42 Å². The molecule has 1 fully saturated rings. The molecular formula is C16H17ClN2O4S2. The third kappa shape index (κ3) is 4.21. The summed E-state index contributed by atoms with van der Waals surface area (Å²) in [6.07, 6.45) is 0. The van der Waals surface area contributed by atoms with E-state index in [1.807, 2.05) is 17.5 Å². The Labute approximate surface area is 155 Å². The summed E-state index contributed by atoms with van der Waals surface area (Å²) in [4.78, 5) is 13.5. The number of halogens is 1. The van der Waals surface area contributed by atoms with E-state index in [9.17, 15) is 13.2 Å².